The highest BCUT2D eigenvalue weighted by Gasteiger charge is 2.36. The molecule has 0 saturated carbocycles. The van der Waals surface area contributed by atoms with Crippen LogP contribution in [0, 0.1) is 0 Å². The van der Waals surface area contributed by atoms with E-state index >= 15 is 0 Å². The van der Waals surface area contributed by atoms with Crippen LogP contribution in [0.4, 0.5) is 10.5 Å². The van der Waals surface area contributed by atoms with Crippen molar-refractivity contribution in [2.24, 2.45) is 0 Å². The summed E-state index contributed by atoms with van der Waals surface area (Å²) in [5.74, 6) is -0.595. The normalized spacial score (nSPS) is 15.6. The highest BCUT2D eigenvalue weighted by Crippen LogP contribution is 2.38. The van der Waals surface area contributed by atoms with Crippen LogP contribution in [0.3, 0.4) is 0 Å². The van der Waals surface area contributed by atoms with E-state index in [9.17, 15) is 14.4 Å². The van der Waals surface area contributed by atoms with Crippen molar-refractivity contribution in [2.45, 2.75) is 20.0 Å². The number of imide groups is 2. The van der Waals surface area contributed by atoms with Gasteiger partial charge in [-0.3, -0.25) is 14.9 Å². The predicted octanol–water partition coefficient (Wildman–Crippen LogP) is 4.56. The van der Waals surface area contributed by atoms with Gasteiger partial charge in [-0.2, -0.15) is 0 Å². The highest BCUT2D eigenvalue weighted by molar-refractivity contribution is 9.10. The molecule has 30 heavy (non-hydrogen) atoms. The Balaban J connectivity index is 2.02. The third-order valence-corrected chi connectivity index (χ3v) is 4.94. The first-order chi connectivity index (χ1) is 14.2. The summed E-state index contributed by atoms with van der Waals surface area (Å²) in [5.41, 5.74) is 0.606. The van der Waals surface area contributed by atoms with Crippen molar-refractivity contribution in [1.29, 1.82) is 0 Å². The number of carbonyl (C=O) groups excluding carboxylic acids is 3. The molecule has 0 aliphatic carbocycles. The summed E-state index contributed by atoms with van der Waals surface area (Å²) in [7, 11) is 1.49. The maximum Gasteiger partial charge on any atom is 0.335 e. The summed E-state index contributed by atoms with van der Waals surface area (Å²) in [6.45, 7) is 3.77. The third kappa shape index (κ3) is 4.49. The minimum absolute atomic E-state index is 0.0796. The van der Waals surface area contributed by atoms with Crippen molar-refractivity contribution in [3.8, 4) is 11.5 Å². The van der Waals surface area contributed by atoms with Gasteiger partial charge in [0.05, 0.1) is 23.4 Å². The van der Waals surface area contributed by atoms with Gasteiger partial charge in [-0.15, -0.1) is 0 Å². The fourth-order valence-electron chi connectivity index (χ4n) is 2.82. The van der Waals surface area contributed by atoms with Gasteiger partial charge in [0.1, 0.15) is 5.57 Å². The molecule has 7 nitrogen and oxygen atoms in total. The van der Waals surface area contributed by atoms with Crippen LogP contribution in [0.25, 0.3) is 6.08 Å². The van der Waals surface area contributed by atoms with Crippen LogP contribution in [0.1, 0.15) is 19.4 Å². The first kappa shape index (κ1) is 21.9. The number of benzene rings is 2. The maximum atomic E-state index is 13.0. The molecule has 1 heterocycles. The second-order valence-electron chi connectivity index (χ2n) is 6.63. The Labute approximate surface area is 186 Å². The number of carbonyl (C=O) groups is 3. The minimum Gasteiger partial charge on any atom is -0.493 e. The summed E-state index contributed by atoms with van der Waals surface area (Å²) in [6, 6.07) is 8.63. The molecule has 1 saturated heterocycles. The molecule has 0 bridgehead atoms. The monoisotopic (exact) mass is 492 g/mol. The summed E-state index contributed by atoms with van der Waals surface area (Å²) >= 11 is 9.30. The Morgan fingerprint density at radius 3 is 2.40 bits per heavy atom. The number of amides is 4. The molecule has 1 fully saturated rings. The number of nitrogens with zero attached hydrogens (tertiary/aromatic N) is 1. The lowest BCUT2D eigenvalue weighted by Crippen LogP contribution is -2.54. The molecular weight excluding hydrogens is 476 g/mol. The van der Waals surface area contributed by atoms with Gasteiger partial charge in [0.2, 0.25) is 0 Å². The fraction of sp³-hybridized carbons (Fsp3) is 0.190. The zero-order valence-corrected chi connectivity index (χ0v) is 18.7. The van der Waals surface area contributed by atoms with Gasteiger partial charge in [0, 0.05) is 5.02 Å². The molecule has 0 atom stereocenters. The summed E-state index contributed by atoms with van der Waals surface area (Å²) in [4.78, 5) is 38.5. The first-order valence-corrected chi connectivity index (χ1v) is 10.1. The van der Waals surface area contributed by atoms with E-state index in [4.69, 9.17) is 21.1 Å². The van der Waals surface area contributed by atoms with Gasteiger partial charge in [-0.05, 0) is 77.8 Å². The zero-order valence-electron chi connectivity index (χ0n) is 16.4. The molecule has 0 radical (unpaired) electrons. The van der Waals surface area contributed by atoms with Gasteiger partial charge < -0.3 is 9.47 Å². The van der Waals surface area contributed by atoms with Crippen LogP contribution in [-0.4, -0.2) is 31.1 Å². The number of hydrogen-bond acceptors (Lipinski definition) is 5. The van der Waals surface area contributed by atoms with E-state index in [0.717, 1.165) is 4.90 Å². The molecule has 9 heteroatoms. The number of hydrogen-bond donors (Lipinski definition) is 1. The van der Waals surface area contributed by atoms with E-state index in [1.807, 2.05) is 13.8 Å². The van der Waals surface area contributed by atoms with Gasteiger partial charge in [-0.1, -0.05) is 11.6 Å². The molecule has 2 aromatic carbocycles. The molecule has 0 aromatic heterocycles. The van der Waals surface area contributed by atoms with Crippen LogP contribution in [0.5, 0.6) is 11.5 Å². The van der Waals surface area contributed by atoms with Crippen molar-refractivity contribution in [2.75, 3.05) is 12.0 Å². The van der Waals surface area contributed by atoms with Crippen molar-refractivity contribution in [1.82, 2.24) is 5.32 Å². The second kappa shape index (κ2) is 8.89. The van der Waals surface area contributed by atoms with E-state index in [2.05, 4.69) is 21.2 Å². The van der Waals surface area contributed by atoms with E-state index in [-0.39, 0.29) is 11.7 Å². The fourth-order valence-corrected chi connectivity index (χ4v) is 3.50. The average molecular weight is 494 g/mol. The predicted molar refractivity (Wildman–Crippen MR) is 117 cm³/mol. The standard InChI is InChI=1S/C21H18BrClN2O5/c1-11(2)30-18-16(22)9-12(10-17(18)29-3)8-15-19(26)24-21(28)25(20(15)27)14-6-4-13(23)5-7-14/h4-11H,1-3H3,(H,24,26,28)/b15-8-. The summed E-state index contributed by atoms with van der Waals surface area (Å²) in [6.07, 6.45) is 1.31. The number of ether oxygens (including phenoxy) is 2. The number of halogens is 2. The van der Waals surface area contributed by atoms with Crippen LogP contribution in [-0.2, 0) is 9.59 Å². The van der Waals surface area contributed by atoms with Crippen LogP contribution < -0.4 is 19.7 Å². The Morgan fingerprint density at radius 2 is 1.80 bits per heavy atom. The van der Waals surface area contributed by atoms with E-state index in [1.54, 1.807) is 24.3 Å². The Hall–Kier alpha value is -2.84. The van der Waals surface area contributed by atoms with Crippen molar-refractivity contribution in [3.63, 3.8) is 0 Å². The molecule has 3 rings (SSSR count). The van der Waals surface area contributed by atoms with Crippen molar-refractivity contribution < 1.29 is 23.9 Å². The molecule has 0 spiro atoms. The van der Waals surface area contributed by atoms with Gasteiger partial charge in [-0.25, -0.2) is 9.69 Å². The lowest BCUT2D eigenvalue weighted by molar-refractivity contribution is -0.122. The van der Waals surface area contributed by atoms with Crippen LogP contribution >= 0.6 is 27.5 Å². The molecule has 4 amide bonds. The third-order valence-electron chi connectivity index (χ3n) is 4.10. The Kier molecular flexibility index (Phi) is 6.48. The summed E-state index contributed by atoms with van der Waals surface area (Å²) < 4.78 is 11.7. The molecule has 1 aliphatic rings. The number of nitrogens with one attached hydrogen (secondary N) is 1. The van der Waals surface area contributed by atoms with Crippen LogP contribution in [0.15, 0.2) is 46.4 Å². The smallest absolute Gasteiger partial charge is 0.335 e. The molecular formula is C21H18BrClN2O5. The van der Waals surface area contributed by atoms with E-state index in [0.29, 0.717) is 32.2 Å². The highest BCUT2D eigenvalue weighted by atomic mass is 79.9. The van der Waals surface area contributed by atoms with Gasteiger partial charge >= 0.3 is 6.03 Å². The number of rotatable bonds is 5. The zero-order chi connectivity index (χ0) is 22.0. The minimum atomic E-state index is -0.830. The van der Waals surface area contributed by atoms with Crippen LogP contribution in [0.2, 0.25) is 5.02 Å². The Bertz CT molecular complexity index is 1050. The Morgan fingerprint density at radius 1 is 1.13 bits per heavy atom. The number of anilines is 1. The molecule has 156 valence electrons. The molecule has 1 N–H and O–H groups in total. The molecule has 2 aromatic rings. The van der Waals surface area contributed by atoms with Gasteiger partial charge in [0.25, 0.3) is 11.8 Å². The molecule has 1 aliphatic heterocycles. The topological polar surface area (TPSA) is 84.9 Å². The summed E-state index contributed by atoms with van der Waals surface area (Å²) in [5, 5.41) is 2.64. The lowest BCUT2D eigenvalue weighted by Gasteiger charge is -2.26. The van der Waals surface area contributed by atoms with Gasteiger partial charge in [0.15, 0.2) is 11.5 Å². The van der Waals surface area contributed by atoms with Crippen molar-refractivity contribution in [3.05, 3.63) is 57.0 Å². The molecule has 0 unspecified atom stereocenters. The maximum absolute atomic E-state index is 13.0. The lowest BCUT2D eigenvalue weighted by atomic mass is 10.1. The second-order valence-corrected chi connectivity index (χ2v) is 7.93. The number of urea groups is 1. The number of methoxy groups -OCH3 is 1. The van der Waals surface area contributed by atoms with Crippen molar-refractivity contribution >= 4 is 57.1 Å². The van der Waals surface area contributed by atoms with E-state index < -0.39 is 17.8 Å². The quantitative estimate of drug-likeness (QED) is 0.487. The SMILES string of the molecule is COc1cc(/C=C2/C(=O)NC(=O)N(c3ccc(Cl)cc3)C2=O)cc(Br)c1OC(C)C. The first-order valence-electron chi connectivity index (χ1n) is 8.92. The van der Waals surface area contributed by atoms with E-state index in [1.165, 1.54) is 25.3 Å². The number of barbiturate groups is 1. The average Bonchev–Trinajstić information content (AvgIpc) is 2.68. The largest absolute Gasteiger partial charge is 0.493 e.